The molecule has 47 heavy (non-hydrogen) atoms. The predicted molar refractivity (Wildman–Crippen MR) is 179 cm³/mol. The van der Waals surface area contributed by atoms with Crippen LogP contribution >= 0.6 is 0 Å². The van der Waals surface area contributed by atoms with Crippen molar-refractivity contribution in [2.24, 2.45) is 7.05 Å². The highest BCUT2D eigenvalue weighted by Gasteiger charge is 2.41. The van der Waals surface area contributed by atoms with Crippen LogP contribution in [0.5, 0.6) is 5.75 Å². The van der Waals surface area contributed by atoms with Gasteiger partial charge in [0.05, 0.1) is 24.2 Å². The van der Waals surface area contributed by atoms with E-state index in [9.17, 15) is 18.8 Å². The minimum atomic E-state index is -1.20. The van der Waals surface area contributed by atoms with E-state index in [-0.39, 0.29) is 11.8 Å². The van der Waals surface area contributed by atoms with Gasteiger partial charge in [0.1, 0.15) is 17.1 Å². The molecule has 2 aliphatic rings. The number of carbonyl (C=O) groups is 3. The molecular formula is C37H37FN4O5. The molecule has 6 rings (SSSR count). The molecule has 10 heteroatoms. The molecule has 2 amide bonds. The smallest absolute Gasteiger partial charge is 0.328 e. The number of hydrogen-bond donors (Lipinski definition) is 3. The number of carbonyl (C=O) groups excluding carboxylic acids is 2. The molecule has 4 aromatic rings. The van der Waals surface area contributed by atoms with Gasteiger partial charge in [-0.05, 0) is 86.6 Å². The second-order valence-electron chi connectivity index (χ2n) is 12.1. The number of nitrogens with zero attached hydrogens (tertiary/aromatic N) is 2. The number of pyridine rings is 1. The van der Waals surface area contributed by atoms with Crippen LogP contribution in [0.3, 0.4) is 0 Å². The van der Waals surface area contributed by atoms with Gasteiger partial charge >= 0.3 is 5.97 Å². The van der Waals surface area contributed by atoms with Gasteiger partial charge in [-0.3, -0.25) is 14.6 Å². The minimum Gasteiger partial charge on any atom is -0.493 e. The molecule has 2 aliphatic carbocycles. The van der Waals surface area contributed by atoms with Crippen molar-refractivity contribution in [1.82, 2.24) is 14.9 Å². The topological polar surface area (TPSA) is 123 Å². The van der Waals surface area contributed by atoms with Gasteiger partial charge in [-0.15, -0.1) is 0 Å². The quantitative estimate of drug-likeness (QED) is 0.127. The monoisotopic (exact) mass is 636 g/mol. The van der Waals surface area contributed by atoms with Crippen molar-refractivity contribution in [1.29, 1.82) is 0 Å². The first-order valence-corrected chi connectivity index (χ1v) is 15.9. The summed E-state index contributed by atoms with van der Waals surface area (Å²) in [5.74, 6) is -1.45. The number of halogens is 1. The Morgan fingerprint density at radius 1 is 1.09 bits per heavy atom. The number of hydrogen-bond acceptors (Lipinski definition) is 5. The molecule has 0 aliphatic heterocycles. The van der Waals surface area contributed by atoms with Gasteiger partial charge in [-0.25, -0.2) is 9.18 Å². The molecule has 3 N–H and O–H groups in total. The van der Waals surface area contributed by atoms with Crippen molar-refractivity contribution < 1.29 is 28.6 Å². The Morgan fingerprint density at radius 2 is 1.85 bits per heavy atom. The van der Waals surface area contributed by atoms with Gasteiger partial charge in [0.2, 0.25) is 0 Å². The zero-order valence-corrected chi connectivity index (χ0v) is 26.4. The number of carboxylic acids is 1. The molecule has 2 aromatic heterocycles. The number of carboxylic acid groups (broad SMARTS) is 1. The molecule has 0 unspecified atom stereocenters. The third-order valence-corrected chi connectivity index (χ3v) is 9.10. The summed E-state index contributed by atoms with van der Waals surface area (Å²) in [5.41, 5.74) is 3.89. The summed E-state index contributed by atoms with van der Waals surface area (Å²) in [7, 11) is 1.94. The molecule has 0 atom stereocenters. The SMILES string of the molecule is CCOc1cc(NC(=O)C2(NC(=O)c3ccc4c(C5CCCC5)c(-c5ccc(F)cn5)n(C)c4c3)CC=CC2)ccc1/C=C/C(=O)O. The van der Waals surface area contributed by atoms with E-state index in [0.29, 0.717) is 53.6 Å². The summed E-state index contributed by atoms with van der Waals surface area (Å²) >= 11 is 0. The maximum atomic E-state index is 13.8. The lowest BCUT2D eigenvalue weighted by Crippen LogP contribution is -2.55. The van der Waals surface area contributed by atoms with Gasteiger partial charge in [-0.2, -0.15) is 0 Å². The number of fused-ring (bicyclic) bond motifs is 1. The number of aromatic nitrogens is 2. The van der Waals surface area contributed by atoms with Gasteiger partial charge in [-0.1, -0.05) is 31.1 Å². The number of nitrogens with one attached hydrogen (secondary N) is 2. The number of benzene rings is 2. The predicted octanol–water partition coefficient (Wildman–Crippen LogP) is 6.99. The van der Waals surface area contributed by atoms with Crippen LogP contribution in [0.25, 0.3) is 28.4 Å². The Labute approximate surface area is 272 Å². The Kier molecular flexibility index (Phi) is 8.93. The van der Waals surface area contributed by atoms with Gasteiger partial charge in [0, 0.05) is 46.9 Å². The number of aryl methyl sites for hydroxylation is 1. The molecule has 2 aromatic carbocycles. The summed E-state index contributed by atoms with van der Waals surface area (Å²) in [4.78, 5) is 43.0. The molecule has 0 saturated heterocycles. The number of amides is 2. The van der Waals surface area contributed by atoms with Crippen LogP contribution in [0, 0.1) is 5.82 Å². The van der Waals surface area contributed by atoms with E-state index in [2.05, 4.69) is 15.6 Å². The Balaban J connectivity index is 1.28. The molecule has 1 fully saturated rings. The highest BCUT2D eigenvalue weighted by atomic mass is 19.1. The zero-order valence-electron chi connectivity index (χ0n) is 26.4. The molecule has 9 nitrogen and oxygen atoms in total. The maximum absolute atomic E-state index is 13.8. The summed E-state index contributed by atoms with van der Waals surface area (Å²) in [6, 6.07) is 13.7. The largest absolute Gasteiger partial charge is 0.493 e. The van der Waals surface area contributed by atoms with Crippen LogP contribution in [-0.2, 0) is 16.6 Å². The average molecular weight is 637 g/mol. The molecule has 0 spiro atoms. The third kappa shape index (κ3) is 6.40. The summed E-state index contributed by atoms with van der Waals surface area (Å²) in [6.45, 7) is 2.16. The van der Waals surface area contributed by atoms with E-state index in [1.807, 2.05) is 42.8 Å². The normalized spacial score (nSPS) is 15.8. The first kappa shape index (κ1) is 31.7. The zero-order chi connectivity index (χ0) is 33.1. The van der Waals surface area contributed by atoms with Crippen LogP contribution < -0.4 is 15.4 Å². The fourth-order valence-corrected chi connectivity index (χ4v) is 6.79. The van der Waals surface area contributed by atoms with E-state index >= 15 is 0 Å². The van der Waals surface area contributed by atoms with Crippen molar-refractivity contribution in [2.75, 3.05) is 11.9 Å². The first-order valence-electron chi connectivity index (χ1n) is 15.9. The van der Waals surface area contributed by atoms with E-state index in [0.717, 1.165) is 48.4 Å². The summed E-state index contributed by atoms with van der Waals surface area (Å²) in [6.07, 6.45) is 12.5. The van der Waals surface area contributed by atoms with Gasteiger partial charge in [0.25, 0.3) is 11.8 Å². The van der Waals surface area contributed by atoms with Crippen LogP contribution in [0.2, 0.25) is 0 Å². The Hall–Kier alpha value is -5.25. The Morgan fingerprint density at radius 3 is 2.53 bits per heavy atom. The summed E-state index contributed by atoms with van der Waals surface area (Å²) in [5, 5.41) is 16.0. The highest BCUT2D eigenvalue weighted by Crippen LogP contribution is 2.44. The second kappa shape index (κ2) is 13.2. The van der Waals surface area contributed by atoms with E-state index in [4.69, 9.17) is 9.84 Å². The fourth-order valence-electron chi connectivity index (χ4n) is 6.79. The van der Waals surface area contributed by atoms with E-state index < -0.39 is 17.3 Å². The van der Waals surface area contributed by atoms with E-state index in [1.165, 1.54) is 23.9 Å². The van der Waals surface area contributed by atoms with Gasteiger partial charge in [0.15, 0.2) is 0 Å². The van der Waals surface area contributed by atoms with Crippen molar-refractivity contribution >= 4 is 40.4 Å². The van der Waals surface area contributed by atoms with Crippen molar-refractivity contribution in [2.45, 2.75) is 56.9 Å². The Bertz CT molecular complexity index is 1900. The van der Waals surface area contributed by atoms with Crippen molar-refractivity contribution in [3.63, 3.8) is 0 Å². The molecule has 1 saturated carbocycles. The number of anilines is 1. The van der Waals surface area contributed by atoms with Crippen LogP contribution in [0.4, 0.5) is 10.1 Å². The lowest BCUT2D eigenvalue weighted by molar-refractivity contribution is -0.131. The summed E-state index contributed by atoms with van der Waals surface area (Å²) < 4.78 is 21.5. The van der Waals surface area contributed by atoms with Crippen LogP contribution in [0.15, 0.2) is 73.0 Å². The van der Waals surface area contributed by atoms with Crippen molar-refractivity contribution in [3.05, 3.63) is 95.5 Å². The first-order chi connectivity index (χ1) is 22.7. The standard InChI is InChI=1S/C37H37FN4O5/c1-3-47-31-21-27(14-10-23(31)12-17-32(43)44)40-36(46)37(18-6-7-19-37)41-35(45)25-11-15-28-30(20-25)42(2)34(29-16-13-26(38)22-39-29)33(28)24-8-4-5-9-24/h6-7,10-17,20-22,24H,3-5,8-9,18-19H2,1-2H3,(H,40,46)(H,41,45)(H,43,44)/b17-12+. The lowest BCUT2D eigenvalue weighted by atomic mass is 9.92. The van der Waals surface area contributed by atoms with Crippen LogP contribution in [-0.4, -0.2) is 44.6 Å². The molecule has 0 radical (unpaired) electrons. The van der Waals surface area contributed by atoms with E-state index in [1.54, 1.807) is 30.3 Å². The minimum absolute atomic E-state index is 0.320. The number of ether oxygens (including phenoxy) is 1. The lowest BCUT2D eigenvalue weighted by Gasteiger charge is -2.29. The highest BCUT2D eigenvalue weighted by molar-refractivity contribution is 6.06. The molecule has 0 bridgehead atoms. The number of rotatable bonds is 10. The maximum Gasteiger partial charge on any atom is 0.328 e. The number of aliphatic carboxylic acids is 1. The molecular weight excluding hydrogens is 599 g/mol. The molecule has 242 valence electrons. The second-order valence-corrected chi connectivity index (χ2v) is 12.1. The van der Waals surface area contributed by atoms with Crippen molar-refractivity contribution in [3.8, 4) is 17.1 Å². The third-order valence-electron chi connectivity index (χ3n) is 9.10. The average Bonchev–Trinajstić information content (AvgIpc) is 3.82. The van der Waals surface area contributed by atoms with Crippen LogP contribution in [0.1, 0.15) is 72.9 Å². The molecule has 2 heterocycles. The van der Waals surface area contributed by atoms with Gasteiger partial charge < -0.3 is 25.0 Å². The fraction of sp³-hybridized carbons (Fsp3) is 0.297.